The molecule has 4 rings (SSSR count). The van der Waals surface area contributed by atoms with Crippen molar-refractivity contribution in [1.29, 1.82) is 0 Å². The Labute approximate surface area is 149 Å². The van der Waals surface area contributed by atoms with Crippen molar-refractivity contribution in [3.63, 3.8) is 0 Å². The van der Waals surface area contributed by atoms with Crippen molar-refractivity contribution in [2.24, 2.45) is 0 Å². The summed E-state index contributed by atoms with van der Waals surface area (Å²) < 4.78 is 1.93. The summed E-state index contributed by atoms with van der Waals surface area (Å²) in [4.78, 5) is 33.7. The molecule has 0 spiro atoms. The Kier molecular flexibility index (Phi) is 4.07. The second-order valence-electron chi connectivity index (χ2n) is 5.82. The third-order valence-electron chi connectivity index (χ3n) is 4.18. The van der Waals surface area contributed by atoms with E-state index in [4.69, 9.17) is 0 Å². The number of hydrogen-bond donors (Lipinski definition) is 1. The number of anilines is 1. The summed E-state index contributed by atoms with van der Waals surface area (Å²) in [5.74, 6) is -0.357. The van der Waals surface area contributed by atoms with Crippen LogP contribution in [-0.2, 0) is 6.54 Å². The highest BCUT2D eigenvalue weighted by Crippen LogP contribution is 2.19. The zero-order valence-corrected chi connectivity index (χ0v) is 13.9. The number of amides is 1. The van der Waals surface area contributed by atoms with Gasteiger partial charge in [-0.3, -0.25) is 9.59 Å². The lowest BCUT2D eigenvalue weighted by Gasteiger charge is -2.22. The lowest BCUT2D eigenvalue weighted by atomic mass is 10.2. The highest BCUT2D eigenvalue weighted by Gasteiger charge is 2.21. The summed E-state index contributed by atoms with van der Waals surface area (Å²) in [6, 6.07) is 18.2. The zero-order chi connectivity index (χ0) is 17.9. The average molecular weight is 344 g/mol. The second kappa shape index (κ2) is 6.68. The van der Waals surface area contributed by atoms with Crippen LogP contribution in [-0.4, -0.2) is 20.3 Å². The number of carbonyl (C=O) groups is 1. The van der Waals surface area contributed by atoms with Crippen LogP contribution in [0.2, 0.25) is 0 Å². The lowest BCUT2D eigenvalue weighted by Crippen LogP contribution is -2.34. The smallest absolute Gasteiger partial charge is 0.264 e. The maximum atomic E-state index is 13.1. The Morgan fingerprint density at radius 3 is 2.65 bits per heavy atom. The predicted molar refractivity (Wildman–Crippen MR) is 99.2 cm³/mol. The van der Waals surface area contributed by atoms with Gasteiger partial charge >= 0.3 is 0 Å². The van der Waals surface area contributed by atoms with Gasteiger partial charge in [0.1, 0.15) is 11.2 Å². The van der Waals surface area contributed by atoms with Gasteiger partial charge in [0, 0.05) is 18.1 Å². The first-order valence-electron chi connectivity index (χ1n) is 8.19. The molecule has 0 radical (unpaired) electrons. The highest BCUT2D eigenvalue weighted by atomic mass is 16.2. The molecule has 0 saturated heterocycles. The van der Waals surface area contributed by atoms with Gasteiger partial charge < -0.3 is 14.3 Å². The van der Waals surface area contributed by atoms with Crippen molar-refractivity contribution in [2.45, 2.75) is 6.54 Å². The number of H-pyrrole nitrogens is 1. The van der Waals surface area contributed by atoms with Crippen LogP contribution in [0.4, 0.5) is 5.69 Å². The van der Waals surface area contributed by atoms with E-state index in [1.165, 1.54) is 12.3 Å². The summed E-state index contributed by atoms with van der Waals surface area (Å²) in [6.45, 7) is 0.294. The largest absolute Gasteiger partial charge is 0.328 e. The van der Waals surface area contributed by atoms with Crippen LogP contribution in [0.1, 0.15) is 16.1 Å². The van der Waals surface area contributed by atoms with E-state index in [0.717, 1.165) is 11.3 Å². The topological polar surface area (TPSA) is 70.5 Å². The van der Waals surface area contributed by atoms with Crippen LogP contribution < -0.4 is 10.5 Å². The van der Waals surface area contributed by atoms with Crippen molar-refractivity contribution in [2.75, 3.05) is 4.90 Å². The molecule has 3 heterocycles. The molecular formula is C20H16N4O2. The Bertz CT molecular complexity index is 1120. The molecule has 0 bridgehead atoms. The number of para-hydroxylation sites is 1. The number of nitrogens with zero attached hydrogens (tertiary/aromatic N) is 3. The number of aromatic amines is 1. The molecule has 0 aliphatic heterocycles. The quantitative estimate of drug-likeness (QED) is 0.619. The molecule has 1 N–H and O–H groups in total. The van der Waals surface area contributed by atoms with E-state index in [-0.39, 0.29) is 11.5 Å². The first kappa shape index (κ1) is 15.8. The fraction of sp³-hybridized carbons (Fsp3) is 0.0500. The van der Waals surface area contributed by atoms with Crippen molar-refractivity contribution in [3.05, 3.63) is 101 Å². The molecule has 1 aromatic carbocycles. The summed E-state index contributed by atoms with van der Waals surface area (Å²) >= 11 is 0. The number of rotatable bonds is 4. The van der Waals surface area contributed by atoms with E-state index in [2.05, 4.69) is 9.97 Å². The molecule has 128 valence electrons. The maximum absolute atomic E-state index is 13.1. The number of fused-ring (bicyclic) bond motifs is 1. The second-order valence-corrected chi connectivity index (χ2v) is 5.82. The van der Waals surface area contributed by atoms with E-state index < -0.39 is 5.56 Å². The predicted octanol–water partition coefficient (Wildman–Crippen LogP) is 2.87. The number of pyridine rings is 2. The van der Waals surface area contributed by atoms with Crippen LogP contribution in [0.5, 0.6) is 0 Å². The Hall–Kier alpha value is -3.67. The van der Waals surface area contributed by atoms with E-state index >= 15 is 0 Å². The highest BCUT2D eigenvalue weighted by molar-refractivity contribution is 6.05. The van der Waals surface area contributed by atoms with E-state index in [0.29, 0.717) is 12.2 Å². The van der Waals surface area contributed by atoms with Crippen molar-refractivity contribution in [1.82, 2.24) is 14.4 Å². The number of aromatic nitrogens is 3. The van der Waals surface area contributed by atoms with Gasteiger partial charge in [0.15, 0.2) is 0 Å². The molecular weight excluding hydrogens is 328 g/mol. The van der Waals surface area contributed by atoms with E-state index in [9.17, 15) is 9.59 Å². The summed E-state index contributed by atoms with van der Waals surface area (Å²) in [6.07, 6.45) is 5.16. The van der Waals surface area contributed by atoms with Gasteiger partial charge in [0.05, 0.1) is 18.4 Å². The third-order valence-corrected chi connectivity index (χ3v) is 4.18. The molecule has 1 amide bonds. The molecule has 6 heteroatoms. The molecule has 3 aromatic heterocycles. The van der Waals surface area contributed by atoms with E-state index in [1.807, 2.05) is 59.1 Å². The molecule has 0 saturated carbocycles. The average Bonchev–Trinajstić information content (AvgIpc) is 3.10. The first-order valence-corrected chi connectivity index (χ1v) is 8.19. The Balaban J connectivity index is 1.78. The van der Waals surface area contributed by atoms with Crippen LogP contribution in [0.3, 0.4) is 0 Å². The van der Waals surface area contributed by atoms with Crippen LogP contribution in [0.15, 0.2) is 84.0 Å². The fourth-order valence-corrected chi connectivity index (χ4v) is 2.89. The van der Waals surface area contributed by atoms with E-state index in [1.54, 1.807) is 17.2 Å². The third kappa shape index (κ3) is 2.88. The molecule has 0 aliphatic rings. The van der Waals surface area contributed by atoms with Crippen molar-refractivity contribution >= 4 is 17.2 Å². The van der Waals surface area contributed by atoms with Gasteiger partial charge in [-0.1, -0.05) is 24.3 Å². The molecule has 26 heavy (non-hydrogen) atoms. The number of imidazole rings is 1. The zero-order valence-electron chi connectivity index (χ0n) is 13.9. The normalized spacial score (nSPS) is 10.8. The first-order chi connectivity index (χ1) is 12.7. The van der Waals surface area contributed by atoms with Gasteiger partial charge in [-0.25, -0.2) is 4.98 Å². The number of nitrogens with one attached hydrogen (secondary N) is 1. The number of hydrogen-bond acceptors (Lipinski definition) is 3. The standard InChI is InChI=1S/C20H16N4O2/c25-19-17(9-6-11-21-19)20(26)24(15-7-2-1-3-8-15)14-16-13-22-18-10-4-5-12-23(16)18/h1-13H,14H2,(H,21,25). The Morgan fingerprint density at radius 1 is 1.04 bits per heavy atom. The monoisotopic (exact) mass is 344 g/mol. The van der Waals surface area contributed by atoms with Crippen LogP contribution in [0.25, 0.3) is 5.65 Å². The fourth-order valence-electron chi connectivity index (χ4n) is 2.89. The van der Waals surface area contributed by atoms with Gasteiger partial charge in [-0.05, 0) is 36.4 Å². The van der Waals surface area contributed by atoms with Gasteiger partial charge in [0.2, 0.25) is 0 Å². The van der Waals surface area contributed by atoms with Crippen LogP contribution >= 0.6 is 0 Å². The van der Waals surface area contributed by atoms with Crippen molar-refractivity contribution in [3.8, 4) is 0 Å². The molecule has 6 nitrogen and oxygen atoms in total. The summed E-state index contributed by atoms with van der Waals surface area (Å²) in [5, 5.41) is 0. The molecule has 4 aromatic rings. The van der Waals surface area contributed by atoms with Crippen molar-refractivity contribution < 1.29 is 4.79 Å². The molecule has 0 fully saturated rings. The summed E-state index contributed by atoms with van der Waals surface area (Å²) in [7, 11) is 0. The maximum Gasteiger partial charge on any atom is 0.264 e. The van der Waals surface area contributed by atoms with Gasteiger partial charge in [0.25, 0.3) is 11.5 Å². The van der Waals surface area contributed by atoms with Gasteiger partial charge in [-0.15, -0.1) is 0 Å². The minimum Gasteiger partial charge on any atom is -0.328 e. The number of benzene rings is 1. The minimum atomic E-state index is -0.406. The molecule has 0 unspecified atom stereocenters. The van der Waals surface area contributed by atoms with Crippen LogP contribution in [0, 0.1) is 0 Å². The lowest BCUT2D eigenvalue weighted by molar-refractivity contribution is 0.0983. The summed E-state index contributed by atoms with van der Waals surface area (Å²) in [5.41, 5.74) is 2.07. The molecule has 0 aliphatic carbocycles. The SMILES string of the molecule is O=C(c1ccc[nH]c1=O)N(Cc1cnc2ccccn12)c1ccccc1. The Morgan fingerprint density at radius 2 is 1.85 bits per heavy atom. The minimum absolute atomic E-state index is 0.102. The molecule has 0 atom stereocenters. The number of carbonyl (C=O) groups excluding carboxylic acids is 1. The van der Waals surface area contributed by atoms with Gasteiger partial charge in [-0.2, -0.15) is 0 Å².